The molecule has 0 aromatic rings. The van der Waals surface area contributed by atoms with E-state index in [4.69, 9.17) is 4.74 Å². The predicted molar refractivity (Wildman–Crippen MR) is 58.0 cm³/mol. The van der Waals surface area contributed by atoms with Crippen molar-refractivity contribution < 1.29 is 4.74 Å². The van der Waals surface area contributed by atoms with Gasteiger partial charge in [0.05, 0.1) is 13.2 Å². The molecule has 1 aliphatic carbocycles. The molecule has 1 fully saturated rings. The third-order valence-corrected chi connectivity index (χ3v) is 3.67. The molecular formula is C12H21NO. The van der Waals surface area contributed by atoms with E-state index in [-0.39, 0.29) is 0 Å². The Morgan fingerprint density at radius 3 is 2.71 bits per heavy atom. The average molecular weight is 195 g/mol. The van der Waals surface area contributed by atoms with E-state index in [1.807, 2.05) is 0 Å². The smallest absolute Gasteiger partial charge is 0.0642 e. The van der Waals surface area contributed by atoms with E-state index >= 15 is 0 Å². The SMILES string of the molecule is CC1CCC=C(N2CCOCC2)C1C. The van der Waals surface area contributed by atoms with Gasteiger partial charge in [-0.25, -0.2) is 0 Å². The Hall–Kier alpha value is -0.500. The van der Waals surface area contributed by atoms with Crippen molar-refractivity contribution in [2.75, 3.05) is 26.3 Å². The number of morpholine rings is 1. The molecule has 0 radical (unpaired) electrons. The Kier molecular flexibility index (Phi) is 3.12. The summed E-state index contributed by atoms with van der Waals surface area (Å²) in [5.41, 5.74) is 1.58. The molecule has 2 rings (SSSR count). The topological polar surface area (TPSA) is 12.5 Å². The highest BCUT2D eigenvalue weighted by atomic mass is 16.5. The molecule has 1 aliphatic heterocycles. The standard InChI is InChI=1S/C12H21NO/c1-10-4-3-5-12(11(10)2)13-6-8-14-9-7-13/h5,10-11H,3-4,6-9H2,1-2H3. The van der Waals surface area contributed by atoms with E-state index in [1.54, 1.807) is 5.70 Å². The molecule has 2 nitrogen and oxygen atoms in total. The number of rotatable bonds is 1. The Morgan fingerprint density at radius 1 is 1.29 bits per heavy atom. The molecule has 0 saturated carbocycles. The van der Waals surface area contributed by atoms with E-state index in [0.29, 0.717) is 0 Å². The van der Waals surface area contributed by atoms with Crippen LogP contribution in [-0.4, -0.2) is 31.2 Å². The summed E-state index contributed by atoms with van der Waals surface area (Å²) in [5.74, 6) is 1.58. The second-order valence-electron chi connectivity index (χ2n) is 4.57. The van der Waals surface area contributed by atoms with Crippen molar-refractivity contribution >= 4 is 0 Å². The molecule has 0 amide bonds. The predicted octanol–water partition coefficient (Wildman–Crippen LogP) is 2.27. The maximum Gasteiger partial charge on any atom is 0.0642 e. The first kappa shape index (κ1) is 10.0. The van der Waals surface area contributed by atoms with E-state index < -0.39 is 0 Å². The summed E-state index contributed by atoms with van der Waals surface area (Å²) in [6.45, 7) is 8.71. The van der Waals surface area contributed by atoms with Crippen LogP contribution in [-0.2, 0) is 4.74 Å². The van der Waals surface area contributed by atoms with Crippen LogP contribution in [0.25, 0.3) is 0 Å². The van der Waals surface area contributed by atoms with Gasteiger partial charge >= 0.3 is 0 Å². The summed E-state index contributed by atoms with van der Waals surface area (Å²) in [4.78, 5) is 2.52. The number of ether oxygens (including phenoxy) is 1. The molecule has 0 aromatic carbocycles. The molecule has 0 aromatic heterocycles. The molecule has 1 saturated heterocycles. The minimum Gasteiger partial charge on any atom is -0.378 e. The van der Waals surface area contributed by atoms with Crippen LogP contribution >= 0.6 is 0 Å². The van der Waals surface area contributed by atoms with Gasteiger partial charge in [-0.1, -0.05) is 19.9 Å². The highest BCUT2D eigenvalue weighted by molar-refractivity contribution is 5.10. The van der Waals surface area contributed by atoms with Crippen molar-refractivity contribution in [2.24, 2.45) is 11.8 Å². The van der Waals surface area contributed by atoms with Crippen LogP contribution in [0.15, 0.2) is 11.8 Å². The third kappa shape index (κ3) is 1.95. The Bertz CT molecular complexity index is 218. The second-order valence-corrected chi connectivity index (χ2v) is 4.57. The summed E-state index contributed by atoms with van der Waals surface area (Å²) in [6, 6.07) is 0. The molecular weight excluding hydrogens is 174 g/mol. The molecule has 1 heterocycles. The van der Waals surface area contributed by atoms with E-state index in [1.165, 1.54) is 12.8 Å². The van der Waals surface area contributed by atoms with Crippen LogP contribution in [0.3, 0.4) is 0 Å². The molecule has 2 heteroatoms. The first-order valence-corrected chi connectivity index (χ1v) is 5.82. The van der Waals surface area contributed by atoms with Gasteiger partial charge in [0.1, 0.15) is 0 Å². The summed E-state index contributed by atoms with van der Waals surface area (Å²) >= 11 is 0. The van der Waals surface area contributed by atoms with E-state index in [9.17, 15) is 0 Å². The lowest BCUT2D eigenvalue weighted by Crippen LogP contribution is -2.39. The van der Waals surface area contributed by atoms with Gasteiger partial charge in [-0.3, -0.25) is 0 Å². The number of hydrogen-bond donors (Lipinski definition) is 0. The largest absolute Gasteiger partial charge is 0.378 e. The van der Waals surface area contributed by atoms with Gasteiger partial charge in [0.15, 0.2) is 0 Å². The van der Waals surface area contributed by atoms with Crippen LogP contribution in [0.5, 0.6) is 0 Å². The third-order valence-electron chi connectivity index (χ3n) is 3.67. The molecule has 2 aliphatic rings. The quantitative estimate of drug-likeness (QED) is 0.636. The lowest BCUT2D eigenvalue weighted by atomic mass is 9.83. The molecule has 2 atom stereocenters. The highest BCUT2D eigenvalue weighted by Crippen LogP contribution is 2.32. The van der Waals surface area contributed by atoms with Crippen LogP contribution < -0.4 is 0 Å². The normalized spacial score (nSPS) is 34.1. The Labute approximate surface area is 86.9 Å². The number of allylic oxidation sites excluding steroid dienone is 2. The number of nitrogens with zero attached hydrogens (tertiary/aromatic N) is 1. The monoisotopic (exact) mass is 195 g/mol. The van der Waals surface area contributed by atoms with Gasteiger partial charge in [0.25, 0.3) is 0 Å². The summed E-state index contributed by atoms with van der Waals surface area (Å²) in [5, 5.41) is 0. The van der Waals surface area contributed by atoms with Gasteiger partial charge in [-0.05, 0) is 24.7 Å². The molecule has 0 N–H and O–H groups in total. The van der Waals surface area contributed by atoms with Gasteiger partial charge in [0, 0.05) is 18.8 Å². The van der Waals surface area contributed by atoms with Crippen molar-refractivity contribution in [1.29, 1.82) is 0 Å². The fourth-order valence-electron chi connectivity index (χ4n) is 2.46. The van der Waals surface area contributed by atoms with E-state index in [0.717, 1.165) is 38.1 Å². The van der Waals surface area contributed by atoms with Crippen molar-refractivity contribution in [3.05, 3.63) is 11.8 Å². The fourth-order valence-corrected chi connectivity index (χ4v) is 2.46. The summed E-state index contributed by atoms with van der Waals surface area (Å²) < 4.78 is 5.38. The second kappa shape index (κ2) is 4.35. The summed E-state index contributed by atoms with van der Waals surface area (Å²) in [6.07, 6.45) is 5.06. The number of hydrogen-bond acceptors (Lipinski definition) is 2. The minimum atomic E-state index is 0.738. The first-order valence-electron chi connectivity index (χ1n) is 5.82. The van der Waals surface area contributed by atoms with Gasteiger partial charge in [-0.2, -0.15) is 0 Å². The fraction of sp³-hybridized carbons (Fsp3) is 0.833. The lowest BCUT2D eigenvalue weighted by Gasteiger charge is -2.38. The highest BCUT2D eigenvalue weighted by Gasteiger charge is 2.25. The van der Waals surface area contributed by atoms with Crippen LogP contribution in [0.1, 0.15) is 26.7 Å². The van der Waals surface area contributed by atoms with Crippen molar-refractivity contribution in [3.8, 4) is 0 Å². The van der Waals surface area contributed by atoms with Crippen LogP contribution in [0.2, 0.25) is 0 Å². The van der Waals surface area contributed by atoms with Crippen LogP contribution in [0, 0.1) is 11.8 Å². The molecule has 0 bridgehead atoms. The zero-order chi connectivity index (χ0) is 9.97. The van der Waals surface area contributed by atoms with Crippen molar-refractivity contribution in [3.63, 3.8) is 0 Å². The van der Waals surface area contributed by atoms with Gasteiger partial charge < -0.3 is 9.64 Å². The lowest BCUT2D eigenvalue weighted by molar-refractivity contribution is 0.0454. The summed E-state index contributed by atoms with van der Waals surface area (Å²) in [7, 11) is 0. The molecule has 2 unspecified atom stereocenters. The Balaban J connectivity index is 2.04. The minimum absolute atomic E-state index is 0.738. The maximum atomic E-state index is 5.38. The average Bonchev–Trinajstić information content (AvgIpc) is 2.23. The molecule has 0 spiro atoms. The van der Waals surface area contributed by atoms with Gasteiger partial charge in [0.2, 0.25) is 0 Å². The first-order chi connectivity index (χ1) is 6.79. The van der Waals surface area contributed by atoms with Crippen LogP contribution in [0.4, 0.5) is 0 Å². The molecule has 80 valence electrons. The molecule has 14 heavy (non-hydrogen) atoms. The van der Waals surface area contributed by atoms with E-state index in [2.05, 4.69) is 24.8 Å². The van der Waals surface area contributed by atoms with Crippen molar-refractivity contribution in [2.45, 2.75) is 26.7 Å². The zero-order valence-corrected chi connectivity index (χ0v) is 9.33. The van der Waals surface area contributed by atoms with Crippen molar-refractivity contribution in [1.82, 2.24) is 4.90 Å². The zero-order valence-electron chi connectivity index (χ0n) is 9.33. The van der Waals surface area contributed by atoms with Gasteiger partial charge in [-0.15, -0.1) is 0 Å². The Morgan fingerprint density at radius 2 is 2.00 bits per heavy atom. The maximum absolute atomic E-state index is 5.38.